The topological polar surface area (TPSA) is 128 Å². The highest BCUT2D eigenvalue weighted by atomic mass is 79.9. The lowest BCUT2D eigenvalue weighted by molar-refractivity contribution is -0.385. The molecule has 11 heteroatoms. The van der Waals surface area contributed by atoms with Crippen molar-refractivity contribution < 1.29 is 22.9 Å². The van der Waals surface area contributed by atoms with Gasteiger partial charge in [0.2, 0.25) is 0 Å². The molecule has 2 N–H and O–H groups in total. The zero-order chi connectivity index (χ0) is 21.7. The number of carbonyl (C=O) groups is 1. The lowest BCUT2D eigenvalue weighted by Gasteiger charge is -2.22. The number of carbonyl (C=O) groups excluding carboxylic acids is 1. The molecule has 3 rings (SSSR count). The van der Waals surface area contributed by atoms with Gasteiger partial charge in [0, 0.05) is 25.3 Å². The molecule has 1 amide bonds. The van der Waals surface area contributed by atoms with E-state index in [1.807, 2.05) is 4.72 Å². The van der Waals surface area contributed by atoms with Crippen molar-refractivity contribution in [1.29, 1.82) is 0 Å². The zero-order valence-electron chi connectivity index (χ0n) is 15.8. The largest absolute Gasteiger partial charge is 0.381 e. The average Bonchev–Trinajstić information content (AvgIpc) is 2.72. The molecule has 0 saturated carbocycles. The van der Waals surface area contributed by atoms with Gasteiger partial charge in [-0.3, -0.25) is 14.9 Å². The average molecular weight is 498 g/mol. The van der Waals surface area contributed by atoms with Gasteiger partial charge in [0.1, 0.15) is 15.1 Å². The van der Waals surface area contributed by atoms with Crippen LogP contribution in [0.5, 0.6) is 0 Å². The molecule has 2 aromatic carbocycles. The van der Waals surface area contributed by atoms with Crippen LogP contribution in [-0.2, 0) is 14.8 Å². The number of anilines is 1. The van der Waals surface area contributed by atoms with E-state index in [4.69, 9.17) is 4.74 Å². The van der Waals surface area contributed by atoms with Crippen molar-refractivity contribution in [2.24, 2.45) is 5.92 Å². The van der Waals surface area contributed by atoms with Crippen molar-refractivity contribution in [1.82, 2.24) is 4.72 Å². The summed E-state index contributed by atoms with van der Waals surface area (Å²) in [6.07, 6.45) is 1.69. The quantitative estimate of drug-likeness (QED) is 0.443. The van der Waals surface area contributed by atoms with Crippen LogP contribution in [0.3, 0.4) is 0 Å². The first-order chi connectivity index (χ1) is 14.3. The van der Waals surface area contributed by atoms with E-state index in [0.29, 0.717) is 25.7 Å². The minimum Gasteiger partial charge on any atom is -0.381 e. The number of nitro groups is 1. The van der Waals surface area contributed by atoms with E-state index >= 15 is 0 Å². The van der Waals surface area contributed by atoms with Crippen LogP contribution >= 0.6 is 15.9 Å². The molecule has 30 heavy (non-hydrogen) atoms. The van der Waals surface area contributed by atoms with Crippen LogP contribution in [0.25, 0.3) is 0 Å². The van der Waals surface area contributed by atoms with Gasteiger partial charge in [-0.1, -0.05) is 18.2 Å². The SMILES string of the molecule is O=C(NS(=O)(=O)c1ccc(NCC2CCOCC2)c([N+](=O)[O-])c1Br)c1ccccc1. The number of benzene rings is 2. The standard InChI is InChI=1S/C19H20BrN3O6S/c20-17-16(30(27,28)22-19(24)14-4-2-1-3-5-14)7-6-15(18(17)23(25)26)21-12-13-8-10-29-11-9-13/h1-7,13,21H,8-12H2,(H,22,24). The van der Waals surface area contributed by atoms with Gasteiger partial charge >= 0.3 is 5.69 Å². The fraction of sp³-hybridized carbons (Fsp3) is 0.316. The number of amides is 1. The van der Waals surface area contributed by atoms with E-state index in [0.717, 1.165) is 12.8 Å². The summed E-state index contributed by atoms with van der Waals surface area (Å²) in [5.41, 5.74) is -0.0507. The van der Waals surface area contributed by atoms with Crippen molar-refractivity contribution in [2.75, 3.05) is 25.1 Å². The molecule has 0 spiro atoms. The summed E-state index contributed by atoms with van der Waals surface area (Å²) in [6, 6.07) is 10.4. The molecule has 0 atom stereocenters. The summed E-state index contributed by atoms with van der Waals surface area (Å²) in [5.74, 6) is -0.516. The number of hydrogen-bond acceptors (Lipinski definition) is 7. The zero-order valence-corrected chi connectivity index (χ0v) is 18.2. The fourth-order valence-electron chi connectivity index (χ4n) is 3.11. The third kappa shape index (κ3) is 5.15. The van der Waals surface area contributed by atoms with Crippen LogP contribution in [-0.4, -0.2) is 39.0 Å². The normalized spacial score (nSPS) is 14.8. The number of nitrogens with zero attached hydrogens (tertiary/aromatic N) is 1. The maximum atomic E-state index is 12.7. The molecule has 9 nitrogen and oxygen atoms in total. The second kappa shape index (κ2) is 9.54. The van der Waals surface area contributed by atoms with Crippen molar-refractivity contribution in [2.45, 2.75) is 17.7 Å². The first-order valence-corrected chi connectivity index (χ1v) is 11.5. The van der Waals surface area contributed by atoms with Gasteiger partial charge in [-0.2, -0.15) is 0 Å². The Balaban J connectivity index is 1.85. The Bertz CT molecular complexity index is 1040. The summed E-state index contributed by atoms with van der Waals surface area (Å²) in [5, 5.41) is 14.7. The first-order valence-electron chi connectivity index (χ1n) is 9.20. The minimum atomic E-state index is -4.34. The molecule has 1 fully saturated rings. The summed E-state index contributed by atoms with van der Waals surface area (Å²) < 4.78 is 32.4. The molecule has 1 aliphatic rings. The molecule has 0 bridgehead atoms. The highest BCUT2D eigenvalue weighted by molar-refractivity contribution is 9.10. The Kier molecular flexibility index (Phi) is 7.06. The van der Waals surface area contributed by atoms with E-state index < -0.39 is 31.4 Å². The van der Waals surface area contributed by atoms with E-state index in [2.05, 4.69) is 21.2 Å². The number of nitro benzene ring substituents is 1. The third-order valence-corrected chi connectivity index (χ3v) is 7.18. The Hall–Kier alpha value is -2.50. The van der Waals surface area contributed by atoms with Crippen LogP contribution in [0, 0.1) is 16.0 Å². The molecule has 160 valence electrons. The summed E-state index contributed by atoms with van der Waals surface area (Å²) in [7, 11) is -4.34. The van der Waals surface area contributed by atoms with Crippen LogP contribution in [0.2, 0.25) is 0 Å². The highest BCUT2D eigenvalue weighted by Crippen LogP contribution is 2.38. The number of hydrogen-bond donors (Lipinski definition) is 2. The van der Waals surface area contributed by atoms with Gasteiger partial charge < -0.3 is 10.1 Å². The monoisotopic (exact) mass is 497 g/mol. The maximum Gasteiger partial charge on any atom is 0.307 e. The molecule has 0 radical (unpaired) electrons. The van der Waals surface area contributed by atoms with Gasteiger partial charge in [0.05, 0.1) is 4.92 Å². The van der Waals surface area contributed by atoms with Gasteiger partial charge in [0.15, 0.2) is 0 Å². The van der Waals surface area contributed by atoms with E-state index in [1.54, 1.807) is 18.2 Å². The lowest BCUT2D eigenvalue weighted by atomic mass is 10.0. The second-order valence-electron chi connectivity index (χ2n) is 6.77. The molecule has 2 aromatic rings. The predicted molar refractivity (Wildman–Crippen MR) is 114 cm³/mol. The first kappa shape index (κ1) is 22.2. The van der Waals surface area contributed by atoms with Crippen molar-refractivity contribution in [3.63, 3.8) is 0 Å². The Morgan fingerprint density at radius 1 is 1.17 bits per heavy atom. The van der Waals surface area contributed by atoms with Crippen LogP contribution < -0.4 is 10.0 Å². The van der Waals surface area contributed by atoms with Gasteiger partial charge in [0.25, 0.3) is 15.9 Å². The van der Waals surface area contributed by atoms with E-state index in [1.165, 1.54) is 24.3 Å². The summed E-state index contributed by atoms with van der Waals surface area (Å²) in [6.45, 7) is 1.81. The van der Waals surface area contributed by atoms with Crippen LogP contribution in [0.1, 0.15) is 23.2 Å². The Labute approximate surface area is 182 Å². The van der Waals surface area contributed by atoms with Crippen LogP contribution in [0.15, 0.2) is 51.8 Å². The fourth-order valence-corrected chi connectivity index (χ4v) is 5.29. The van der Waals surface area contributed by atoms with E-state index in [9.17, 15) is 23.3 Å². The number of sulfonamides is 1. The molecule has 0 aliphatic carbocycles. The molecule has 1 aliphatic heterocycles. The van der Waals surface area contributed by atoms with Crippen LogP contribution in [0.4, 0.5) is 11.4 Å². The molecular formula is C19H20BrN3O6S. The third-order valence-electron chi connectivity index (χ3n) is 4.74. The van der Waals surface area contributed by atoms with Gasteiger partial charge in [-0.25, -0.2) is 13.1 Å². The Morgan fingerprint density at radius 2 is 1.83 bits per heavy atom. The van der Waals surface area contributed by atoms with Gasteiger partial charge in [-0.05, 0) is 59.0 Å². The van der Waals surface area contributed by atoms with Gasteiger partial charge in [-0.15, -0.1) is 0 Å². The van der Waals surface area contributed by atoms with Crippen molar-refractivity contribution in [3.8, 4) is 0 Å². The second-order valence-corrected chi connectivity index (χ2v) is 9.21. The smallest absolute Gasteiger partial charge is 0.307 e. The number of rotatable bonds is 7. The van der Waals surface area contributed by atoms with E-state index in [-0.39, 0.29) is 15.7 Å². The molecule has 1 saturated heterocycles. The lowest BCUT2D eigenvalue weighted by Crippen LogP contribution is -2.31. The van der Waals surface area contributed by atoms with Crippen molar-refractivity contribution in [3.05, 3.63) is 62.6 Å². The molecule has 0 aromatic heterocycles. The number of halogens is 1. The summed E-state index contributed by atoms with van der Waals surface area (Å²) >= 11 is 3.05. The highest BCUT2D eigenvalue weighted by Gasteiger charge is 2.29. The molecule has 1 heterocycles. The molecular weight excluding hydrogens is 478 g/mol. The van der Waals surface area contributed by atoms with Crippen molar-refractivity contribution >= 4 is 43.2 Å². The predicted octanol–water partition coefficient (Wildman–Crippen LogP) is 3.31. The maximum absolute atomic E-state index is 12.7. The summed E-state index contributed by atoms with van der Waals surface area (Å²) in [4.78, 5) is 22.8. The number of ether oxygens (including phenoxy) is 1. The Morgan fingerprint density at radius 3 is 2.47 bits per heavy atom. The minimum absolute atomic E-state index is 0.154. The molecule has 0 unspecified atom stereocenters. The number of nitrogens with one attached hydrogen (secondary N) is 2.